The van der Waals surface area contributed by atoms with Crippen molar-refractivity contribution in [3.63, 3.8) is 0 Å². The Morgan fingerprint density at radius 2 is 2.00 bits per heavy atom. The van der Waals surface area contributed by atoms with Gasteiger partial charge < -0.3 is 10.4 Å². The number of aliphatic carboxylic acids is 1. The third kappa shape index (κ3) is 4.20. The average molecular weight is 328 g/mol. The molecule has 1 aromatic carbocycles. The number of hydrogen-bond acceptors (Lipinski definition) is 2. The third-order valence-corrected chi connectivity index (χ3v) is 4.88. The smallest absolute Gasteiger partial charge is 0.306 e. The fraction of sp³-hybridized carbons (Fsp3) is 0.588. The molecule has 0 unspecified atom stereocenters. The van der Waals surface area contributed by atoms with Gasteiger partial charge in [-0.3, -0.25) is 4.79 Å². The maximum atomic E-state index is 13.2. The average Bonchev–Trinajstić information content (AvgIpc) is 2.45. The van der Waals surface area contributed by atoms with Crippen LogP contribution in [0.25, 0.3) is 0 Å². The molecule has 5 heteroatoms. The molecule has 0 atom stereocenters. The molecule has 1 aromatic rings. The lowest BCUT2D eigenvalue weighted by Gasteiger charge is -2.32. The predicted octanol–water partition coefficient (Wildman–Crippen LogP) is 3.99. The largest absolute Gasteiger partial charge is 0.481 e. The number of halogens is 2. The lowest BCUT2D eigenvalue weighted by atomic mass is 9.82. The minimum absolute atomic E-state index is 0.197. The molecule has 122 valence electrons. The van der Waals surface area contributed by atoms with E-state index in [0.29, 0.717) is 11.1 Å². The van der Waals surface area contributed by atoms with Crippen LogP contribution in [0.3, 0.4) is 0 Å². The van der Waals surface area contributed by atoms with Gasteiger partial charge in [-0.15, -0.1) is 0 Å². The van der Waals surface area contributed by atoms with Gasteiger partial charge in [-0.25, -0.2) is 4.39 Å². The van der Waals surface area contributed by atoms with Gasteiger partial charge in [-0.1, -0.05) is 31.5 Å². The number of benzene rings is 1. The summed E-state index contributed by atoms with van der Waals surface area (Å²) in [7, 11) is 0. The molecular weight excluding hydrogens is 305 g/mol. The van der Waals surface area contributed by atoms with Crippen LogP contribution in [-0.4, -0.2) is 23.7 Å². The number of nitrogens with one attached hydrogen (secondary N) is 1. The summed E-state index contributed by atoms with van der Waals surface area (Å²) in [4.78, 5) is 11.0. The first-order chi connectivity index (χ1) is 10.3. The minimum atomic E-state index is -0.683. The Labute approximate surface area is 135 Å². The van der Waals surface area contributed by atoms with Crippen molar-refractivity contribution in [2.45, 2.75) is 51.0 Å². The van der Waals surface area contributed by atoms with Crippen molar-refractivity contribution in [2.75, 3.05) is 6.54 Å². The number of carboxylic acids is 1. The zero-order valence-corrected chi connectivity index (χ0v) is 13.8. The van der Waals surface area contributed by atoms with E-state index in [1.807, 2.05) is 0 Å². The molecule has 0 spiro atoms. The van der Waals surface area contributed by atoms with Gasteiger partial charge in [0.25, 0.3) is 0 Å². The molecule has 0 aliphatic heterocycles. The SMILES string of the molecule is CC(C)(CNC1CCC(C(=O)O)CC1)c1ccc(F)cc1Cl. The highest BCUT2D eigenvalue weighted by Gasteiger charge is 2.28. The Hall–Kier alpha value is -1.13. The van der Waals surface area contributed by atoms with E-state index < -0.39 is 5.97 Å². The molecule has 2 rings (SSSR count). The van der Waals surface area contributed by atoms with E-state index in [4.69, 9.17) is 16.7 Å². The van der Waals surface area contributed by atoms with Gasteiger partial charge in [0.2, 0.25) is 0 Å². The van der Waals surface area contributed by atoms with E-state index in [0.717, 1.165) is 37.8 Å². The summed E-state index contributed by atoms with van der Waals surface area (Å²) >= 11 is 6.16. The molecule has 2 N–H and O–H groups in total. The Morgan fingerprint density at radius 1 is 1.36 bits per heavy atom. The molecule has 0 heterocycles. The fourth-order valence-corrected chi connectivity index (χ4v) is 3.50. The highest BCUT2D eigenvalue weighted by Crippen LogP contribution is 2.31. The van der Waals surface area contributed by atoms with Crippen LogP contribution in [0.5, 0.6) is 0 Å². The molecule has 1 fully saturated rings. The molecule has 1 saturated carbocycles. The van der Waals surface area contributed by atoms with E-state index in [2.05, 4.69) is 19.2 Å². The lowest BCUT2D eigenvalue weighted by Crippen LogP contribution is -2.41. The van der Waals surface area contributed by atoms with Crippen molar-refractivity contribution in [3.8, 4) is 0 Å². The topological polar surface area (TPSA) is 49.3 Å². The van der Waals surface area contributed by atoms with Crippen LogP contribution in [0, 0.1) is 11.7 Å². The second-order valence-corrected chi connectivity index (χ2v) is 7.18. The number of hydrogen-bond donors (Lipinski definition) is 2. The van der Waals surface area contributed by atoms with Gasteiger partial charge in [0.05, 0.1) is 5.92 Å². The van der Waals surface area contributed by atoms with E-state index in [1.165, 1.54) is 12.1 Å². The summed E-state index contributed by atoms with van der Waals surface area (Å²) in [5.41, 5.74) is 0.705. The van der Waals surface area contributed by atoms with Gasteiger partial charge in [0, 0.05) is 23.0 Å². The van der Waals surface area contributed by atoms with E-state index >= 15 is 0 Å². The standard InChI is InChI=1S/C17H23ClFNO2/c1-17(2,14-8-5-12(19)9-15(14)18)10-20-13-6-3-11(4-7-13)16(21)22/h5,8-9,11,13,20H,3-4,6-7,10H2,1-2H3,(H,21,22). The number of rotatable bonds is 5. The second-order valence-electron chi connectivity index (χ2n) is 6.78. The third-order valence-electron chi connectivity index (χ3n) is 4.57. The Morgan fingerprint density at radius 3 is 2.55 bits per heavy atom. The zero-order valence-electron chi connectivity index (χ0n) is 13.0. The van der Waals surface area contributed by atoms with Crippen LogP contribution >= 0.6 is 11.6 Å². The van der Waals surface area contributed by atoms with E-state index in [9.17, 15) is 9.18 Å². The van der Waals surface area contributed by atoms with Crippen LogP contribution < -0.4 is 5.32 Å². The van der Waals surface area contributed by atoms with Gasteiger partial charge in [0.15, 0.2) is 0 Å². The van der Waals surface area contributed by atoms with Crippen molar-refractivity contribution in [1.29, 1.82) is 0 Å². The molecule has 0 radical (unpaired) electrons. The maximum Gasteiger partial charge on any atom is 0.306 e. The van der Waals surface area contributed by atoms with E-state index in [1.54, 1.807) is 6.07 Å². The molecule has 0 saturated heterocycles. The van der Waals surface area contributed by atoms with Gasteiger partial charge in [-0.05, 0) is 43.4 Å². The highest BCUT2D eigenvalue weighted by molar-refractivity contribution is 6.31. The number of carboxylic acid groups (broad SMARTS) is 1. The Bertz CT molecular complexity index is 539. The normalized spacial score (nSPS) is 22.5. The van der Waals surface area contributed by atoms with Crippen molar-refractivity contribution in [1.82, 2.24) is 5.32 Å². The molecule has 1 aliphatic rings. The van der Waals surface area contributed by atoms with Crippen molar-refractivity contribution in [2.24, 2.45) is 5.92 Å². The van der Waals surface area contributed by atoms with E-state index in [-0.39, 0.29) is 17.2 Å². The van der Waals surface area contributed by atoms with Crippen LogP contribution in [0.1, 0.15) is 45.1 Å². The zero-order chi connectivity index (χ0) is 16.3. The fourth-order valence-electron chi connectivity index (χ4n) is 3.08. The van der Waals surface area contributed by atoms with Crippen molar-refractivity contribution < 1.29 is 14.3 Å². The Kier molecular flexibility index (Phi) is 5.45. The second kappa shape index (κ2) is 6.97. The summed E-state index contributed by atoms with van der Waals surface area (Å²) in [5, 5.41) is 13.0. The van der Waals surface area contributed by atoms with Gasteiger partial charge >= 0.3 is 5.97 Å². The quantitative estimate of drug-likeness (QED) is 0.859. The predicted molar refractivity (Wildman–Crippen MR) is 85.8 cm³/mol. The van der Waals surface area contributed by atoms with Crippen molar-refractivity contribution in [3.05, 3.63) is 34.6 Å². The summed E-state index contributed by atoms with van der Waals surface area (Å²) in [6, 6.07) is 4.85. The number of carbonyl (C=O) groups is 1. The molecule has 0 bridgehead atoms. The molecule has 22 heavy (non-hydrogen) atoms. The lowest BCUT2D eigenvalue weighted by molar-refractivity contribution is -0.142. The molecule has 1 aliphatic carbocycles. The van der Waals surface area contributed by atoms with Crippen molar-refractivity contribution >= 4 is 17.6 Å². The monoisotopic (exact) mass is 327 g/mol. The Balaban J connectivity index is 1.92. The minimum Gasteiger partial charge on any atom is -0.481 e. The van der Waals surface area contributed by atoms with Crippen LogP contribution in [0.2, 0.25) is 5.02 Å². The molecule has 0 amide bonds. The molecular formula is C17H23ClFNO2. The van der Waals surface area contributed by atoms with Gasteiger partial charge in [0.1, 0.15) is 5.82 Å². The first-order valence-corrected chi connectivity index (χ1v) is 8.09. The van der Waals surface area contributed by atoms with Crippen LogP contribution in [0.4, 0.5) is 4.39 Å². The molecule has 0 aromatic heterocycles. The summed E-state index contributed by atoms with van der Waals surface area (Å²) in [6.07, 6.45) is 3.21. The first-order valence-electron chi connectivity index (χ1n) is 7.71. The first kappa shape index (κ1) is 17.2. The molecule has 3 nitrogen and oxygen atoms in total. The van der Waals surface area contributed by atoms with Crippen LogP contribution in [-0.2, 0) is 10.2 Å². The van der Waals surface area contributed by atoms with Crippen LogP contribution in [0.15, 0.2) is 18.2 Å². The van der Waals surface area contributed by atoms with Gasteiger partial charge in [-0.2, -0.15) is 0 Å². The highest BCUT2D eigenvalue weighted by atomic mass is 35.5. The summed E-state index contributed by atoms with van der Waals surface area (Å²) in [5.74, 6) is -1.21. The summed E-state index contributed by atoms with van der Waals surface area (Å²) < 4.78 is 13.2. The summed E-state index contributed by atoms with van der Waals surface area (Å²) in [6.45, 7) is 4.87. The maximum absolute atomic E-state index is 13.2.